The summed E-state index contributed by atoms with van der Waals surface area (Å²) in [6, 6.07) is 6.94. The van der Waals surface area contributed by atoms with Gasteiger partial charge in [-0.05, 0) is 46.9 Å². The molecule has 0 radical (unpaired) electrons. The molecule has 0 saturated carbocycles. The van der Waals surface area contributed by atoms with Crippen LogP contribution in [0.5, 0.6) is 0 Å². The monoisotopic (exact) mass is 438 g/mol. The van der Waals surface area contributed by atoms with Crippen LogP contribution in [0.3, 0.4) is 0 Å². The van der Waals surface area contributed by atoms with E-state index in [4.69, 9.17) is 23.2 Å². The van der Waals surface area contributed by atoms with Gasteiger partial charge >= 0.3 is 0 Å². The van der Waals surface area contributed by atoms with Crippen LogP contribution >= 0.6 is 45.8 Å². The average Bonchev–Trinajstić information content (AvgIpc) is 2.79. The van der Waals surface area contributed by atoms with Crippen molar-refractivity contribution in [3.8, 4) is 5.69 Å². The van der Waals surface area contributed by atoms with Crippen LogP contribution in [0.25, 0.3) is 16.7 Å². The van der Waals surface area contributed by atoms with Crippen LogP contribution in [0.15, 0.2) is 30.3 Å². The van der Waals surface area contributed by atoms with E-state index in [1.807, 2.05) is 22.6 Å². The number of fused-ring (bicyclic) bond motifs is 1. The Morgan fingerprint density at radius 1 is 1.19 bits per heavy atom. The molecule has 1 heterocycles. The van der Waals surface area contributed by atoms with E-state index in [1.54, 1.807) is 10.6 Å². The SMILES string of the molecule is Fc1ccc(Cl)c(-n2c(CCl)nc3cc(I)c(F)cc32)c1. The molecule has 2 nitrogen and oxygen atoms in total. The van der Waals surface area contributed by atoms with Crippen molar-refractivity contribution in [3.63, 3.8) is 0 Å². The van der Waals surface area contributed by atoms with Crippen LogP contribution in [0.1, 0.15) is 5.82 Å². The maximum absolute atomic E-state index is 13.8. The molecule has 0 spiro atoms. The topological polar surface area (TPSA) is 17.8 Å². The van der Waals surface area contributed by atoms with E-state index >= 15 is 0 Å². The quantitative estimate of drug-likeness (QED) is 0.392. The summed E-state index contributed by atoms with van der Waals surface area (Å²) in [5.41, 5.74) is 1.46. The summed E-state index contributed by atoms with van der Waals surface area (Å²) < 4.78 is 29.4. The minimum atomic E-state index is -0.442. The van der Waals surface area contributed by atoms with Crippen LogP contribution in [0.4, 0.5) is 8.78 Å². The smallest absolute Gasteiger partial charge is 0.138 e. The molecular weight excluding hydrogens is 432 g/mol. The Morgan fingerprint density at radius 3 is 2.67 bits per heavy atom. The van der Waals surface area contributed by atoms with Crippen molar-refractivity contribution in [1.29, 1.82) is 0 Å². The van der Waals surface area contributed by atoms with Gasteiger partial charge in [-0.1, -0.05) is 11.6 Å². The number of alkyl halides is 1. The third-order valence-corrected chi connectivity index (χ3v) is 4.42. The van der Waals surface area contributed by atoms with Crippen molar-refractivity contribution in [2.45, 2.75) is 5.88 Å². The Morgan fingerprint density at radius 2 is 1.95 bits per heavy atom. The molecule has 0 aliphatic heterocycles. The summed E-state index contributed by atoms with van der Waals surface area (Å²) in [5.74, 6) is -0.249. The third kappa shape index (κ3) is 2.62. The molecule has 2 aromatic carbocycles. The van der Waals surface area contributed by atoms with Crippen molar-refractivity contribution in [2.75, 3.05) is 0 Å². The Labute approximate surface area is 142 Å². The van der Waals surface area contributed by atoms with Gasteiger partial charge in [0.1, 0.15) is 17.5 Å². The van der Waals surface area contributed by atoms with Gasteiger partial charge in [0.2, 0.25) is 0 Å². The molecule has 7 heteroatoms. The van der Waals surface area contributed by atoms with Gasteiger partial charge in [0.05, 0.1) is 31.2 Å². The Hall–Kier alpha value is -0.920. The fourth-order valence-electron chi connectivity index (χ4n) is 2.14. The minimum Gasteiger partial charge on any atom is -0.294 e. The number of rotatable bonds is 2. The van der Waals surface area contributed by atoms with Gasteiger partial charge in [0.15, 0.2) is 0 Å². The Bertz CT molecular complexity index is 849. The lowest BCUT2D eigenvalue weighted by Gasteiger charge is -2.10. The van der Waals surface area contributed by atoms with Crippen molar-refractivity contribution in [2.24, 2.45) is 0 Å². The number of benzene rings is 2. The van der Waals surface area contributed by atoms with Crippen LogP contribution < -0.4 is 0 Å². The lowest BCUT2D eigenvalue weighted by Crippen LogP contribution is -2.01. The maximum atomic E-state index is 13.8. The number of aromatic nitrogens is 2. The summed E-state index contributed by atoms with van der Waals surface area (Å²) in [5, 5.41) is 0.334. The number of imidazole rings is 1. The maximum Gasteiger partial charge on any atom is 0.138 e. The molecule has 0 unspecified atom stereocenters. The van der Waals surface area contributed by atoms with Gasteiger partial charge in [0.25, 0.3) is 0 Å². The first-order chi connectivity index (χ1) is 10.0. The summed E-state index contributed by atoms with van der Waals surface area (Å²) in [6.07, 6.45) is 0. The van der Waals surface area contributed by atoms with Crippen molar-refractivity contribution >= 4 is 56.8 Å². The number of hydrogen-bond donors (Lipinski definition) is 0. The second-order valence-electron chi connectivity index (χ2n) is 4.35. The molecule has 3 aromatic rings. The normalized spacial score (nSPS) is 11.3. The van der Waals surface area contributed by atoms with Gasteiger partial charge < -0.3 is 0 Å². The largest absolute Gasteiger partial charge is 0.294 e. The van der Waals surface area contributed by atoms with Crippen LogP contribution in [0, 0.1) is 15.2 Å². The summed E-state index contributed by atoms with van der Waals surface area (Å²) in [4.78, 5) is 4.36. The first kappa shape index (κ1) is 15.0. The van der Waals surface area contributed by atoms with Crippen molar-refractivity contribution < 1.29 is 8.78 Å². The van der Waals surface area contributed by atoms with E-state index in [9.17, 15) is 8.78 Å². The molecule has 1 aromatic heterocycles. The van der Waals surface area contributed by atoms with Crippen molar-refractivity contribution in [3.05, 3.63) is 56.4 Å². The molecule has 0 saturated heterocycles. The molecule has 3 rings (SSSR count). The van der Waals surface area contributed by atoms with Crippen LogP contribution in [0.2, 0.25) is 5.02 Å². The third-order valence-electron chi connectivity index (χ3n) is 3.03. The standard InChI is InChI=1S/C14H7Cl2F2IN2/c15-6-14-20-11-5-10(19)9(18)4-13(11)21(14)12-3-7(17)1-2-8(12)16/h1-5H,6H2. The zero-order valence-corrected chi connectivity index (χ0v) is 14.0. The lowest BCUT2D eigenvalue weighted by molar-refractivity contribution is 0.621. The first-order valence-electron chi connectivity index (χ1n) is 5.89. The van der Waals surface area contributed by atoms with E-state index in [2.05, 4.69) is 4.98 Å². The molecule has 0 N–H and O–H groups in total. The summed E-state index contributed by atoms with van der Waals surface area (Å²) in [6.45, 7) is 0. The van der Waals surface area contributed by atoms with Gasteiger partial charge in [-0.25, -0.2) is 13.8 Å². The predicted octanol–water partition coefficient (Wildman–Crippen LogP) is 5.30. The Balaban J connectivity index is 2.40. The number of halogens is 5. The summed E-state index contributed by atoms with van der Waals surface area (Å²) >= 11 is 13.9. The highest BCUT2D eigenvalue weighted by Crippen LogP contribution is 2.30. The van der Waals surface area contributed by atoms with Gasteiger partial charge in [-0.3, -0.25) is 4.57 Å². The molecule has 0 aliphatic rings. The fraction of sp³-hybridized carbons (Fsp3) is 0.0714. The molecule has 0 bridgehead atoms. The molecule has 0 atom stereocenters. The molecule has 0 aliphatic carbocycles. The fourth-order valence-corrected chi connectivity index (χ4v) is 2.97. The zero-order valence-electron chi connectivity index (χ0n) is 10.4. The second kappa shape index (κ2) is 5.70. The highest BCUT2D eigenvalue weighted by molar-refractivity contribution is 14.1. The van der Waals surface area contributed by atoms with E-state index < -0.39 is 5.82 Å². The summed E-state index contributed by atoms with van der Waals surface area (Å²) in [7, 11) is 0. The van der Waals surface area contributed by atoms with E-state index in [-0.39, 0.29) is 11.7 Å². The zero-order chi connectivity index (χ0) is 15.1. The van der Waals surface area contributed by atoms with Crippen LogP contribution in [-0.2, 0) is 5.88 Å². The second-order valence-corrected chi connectivity index (χ2v) is 6.18. The first-order valence-corrected chi connectivity index (χ1v) is 7.88. The van der Waals surface area contributed by atoms with E-state index in [1.165, 1.54) is 24.3 Å². The highest BCUT2D eigenvalue weighted by Gasteiger charge is 2.16. The molecule has 0 amide bonds. The van der Waals surface area contributed by atoms with Gasteiger partial charge in [0, 0.05) is 6.07 Å². The van der Waals surface area contributed by atoms with Gasteiger partial charge in [-0.15, -0.1) is 11.6 Å². The van der Waals surface area contributed by atoms with E-state index in [0.29, 0.717) is 31.1 Å². The highest BCUT2D eigenvalue weighted by atomic mass is 127. The minimum absolute atomic E-state index is 0.0969. The lowest BCUT2D eigenvalue weighted by atomic mass is 10.2. The average molecular weight is 439 g/mol. The van der Waals surface area contributed by atoms with Crippen LogP contribution in [-0.4, -0.2) is 9.55 Å². The molecular formula is C14H7Cl2F2IN2. The molecule has 21 heavy (non-hydrogen) atoms. The predicted molar refractivity (Wildman–Crippen MR) is 88.3 cm³/mol. The number of hydrogen-bond acceptors (Lipinski definition) is 1. The van der Waals surface area contributed by atoms with E-state index in [0.717, 1.165) is 0 Å². The number of nitrogens with zero attached hydrogens (tertiary/aromatic N) is 2. The Kier molecular flexibility index (Phi) is 4.07. The molecule has 0 fully saturated rings. The van der Waals surface area contributed by atoms with Gasteiger partial charge in [-0.2, -0.15) is 0 Å². The molecule has 108 valence electrons. The van der Waals surface area contributed by atoms with Crippen molar-refractivity contribution in [1.82, 2.24) is 9.55 Å².